The molecule has 5 rings (SSSR count). The van der Waals surface area contributed by atoms with Crippen molar-refractivity contribution in [3.05, 3.63) is 63.6 Å². The third-order valence-electron chi connectivity index (χ3n) is 6.05. The number of methoxy groups -OCH3 is 1. The van der Waals surface area contributed by atoms with E-state index < -0.39 is 5.91 Å². The number of fused-ring (bicyclic) bond motifs is 3. The van der Waals surface area contributed by atoms with E-state index in [0.29, 0.717) is 64.3 Å². The zero-order chi connectivity index (χ0) is 24.0. The Labute approximate surface area is 205 Å². The van der Waals surface area contributed by atoms with Gasteiger partial charge in [-0.1, -0.05) is 29.3 Å². The maximum absolute atomic E-state index is 12.9. The number of hydrogen-bond acceptors (Lipinski definition) is 4. The van der Waals surface area contributed by atoms with E-state index in [0.717, 1.165) is 21.9 Å². The minimum Gasteiger partial charge on any atom is -0.494 e. The number of primary amides is 1. The van der Waals surface area contributed by atoms with Crippen LogP contribution in [0.3, 0.4) is 0 Å². The smallest absolute Gasteiger partial charge is 0.254 e. The van der Waals surface area contributed by atoms with Crippen LogP contribution in [-0.2, 0) is 4.74 Å². The van der Waals surface area contributed by atoms with Gasteiger partial charge in [0.15, 0.2) is 5.75 Å². The fourth-order valence-electron chi connectivity index (χ4n) is 4.37. The van der Waals surface area contributed by atoms with Gasteiger partial charge in [-0.05, 0) is 47.5 Å². The van der Waals surface area contributed by atoms with Crippen LogP contribution in [0.4, 0.5) is 0 Å². The molecule has 34 heavy (non-hydrogen) atoms. The zero-order valence-corrected chi connectivity index (χ0v) is 19.8. The predicted octanol–water partition coefficient (Wildman–Crippen LogP) is 4.87. The zero-order valence-electron chi connectivity index (χ0n) is 18.3. The van der Waals surface area contributed by atoms with Crippen LogP contribution >= 0.6 is 23.2 Å². The number of H-pyrrole nitrogens is 1. The molecule has 0 unspecified atom stereocenters. The third-order valence-corrected chi connectivity index (χ3v) is 6.62. The molecule has 0 spiro atoms. The molecule has 7 nitrogen and oxygen atoms in total. The molecule has 0 saturated carbocycles. The molecule has 1 fully saturated rings. The Morgan fingerprint density at radius 3 is 2.32 bits per heavy atom. The van der Waals surface area contributed by atoms with Crippen molar-refractivity contribution in [3.8, 4) is 16.9 Å². The summed E-state index contributed by atoms with van der Waals surface area (Å²) in [6, 6.07) is 12.6. The van der Waals surface area contributed by atoms with E-state index in [2.05, 4.69) is 4.98 Å². The minimum absolute atomic E-state index is 0.0535. The summed E-state index contributed by atoms with van der Waals surface area (Å²) in [4.78, 5) is 30.3. The standard InChI is InChI=1S/C25H21Cl2N3O4/c1-33-23-19(26)10-15(11-20(23)27)14-8-17-16-3-2-13(25(32)30-4-6-34-7-5-30)12-21(16)29-22(17)18(9-14)24(28)31/h2-3,8-12,29H,4-7H2,1H3,(H2,28,31). The lowest BCUT2D eigenvalue weighted by molar-refractivity contribution is 0.0303. The molecule has 2 amide bonds. The van der Waals surface area contributed by atoms with Crippen molar-refractivity contribution in [1.82, 2.24) is 9.88 Å². The van der Waals surface area contributed by atoms with Crippen molar-refractivity contribution in [2.45, 2.75) is 0 Å². The van der Waals surface area contributed by atoms with E-state index in [1.165, 1.54) is 7.11 Å². The van der Waals surface area contributed by atoms with Crippen LogP contribution in [-0.4, -0.2) is 55.1 Å². The monoisotopic (exact) mass is 497 g/mol. The number of halogens is 2. The van der Waals surface area contributed by atoms with Gasteiger partial charge in [0.1, 0.15) is 0 Å². The van der Waals surface area contributed by atoms with Crippen LogP contribution in [0.5, 0.6) is 5.75 Å². The molecule has 9 heteroatoms. The van der Waals surface area contributed by atoms with Crippen LogP contribution in [0.2, 0.25) is 10.0 Å². The summed E-state index contributed by atoms with van der Waals surface area (Å²) in [6.45, 7) is 2.19. The van der Waals surface area contributed by atoms with Crippen molar-refractivity contribution in [3.63, 3.8) is 0 Å². The topological polar surface area (TPSA) is 97.7 Å². The summed E-state index contributed by atoms with van der Waals surface area (Å²) in [5.74, 6) is -0.247. The molecule has 1 aliphatic heterocycles. The quantitative estimate of drug-likeness (QED) is 0.419. The van der Waals surface area contributed by atoms with Gasteiger partial charge in [0.2, 0.25) is 0 Å². The van der Waals surface area contributed by atoms with E-state index in [1.807, 2.05) is 12.1 Å². The van der Waals surface area contributed by atoms with Crippen molar-refractivity contribution < 1.29 is 19.1 Å². The van der Waals surface area contributed by atoms with Gasteiger partial charge in [0, 0.05) is 34.9 Å². The summed E-state index contributed by atoms with van der Waals surface area (Å²) in [6.07, 6.45) is 0. The molecular formula is C25H21Cl2N3O4. The number of carbonyl (C=O) groups excluding carboxylic acids is 2. The minimum atomic E-state index is -0.575. The normalized spacial score (nSPS) is 14.0. The first-order chi connectivity index (χ1) is 16.4. The number of nitrogens with one attached hydrogen (secondary N) is 1. The van der Waals surface area contributed by atoms with Crippen molar-refractivity contribution in [2.24, 2.45) is 5.73 Å². The first-order valence-electron chi connectivity index (χ1n) is 10.7. The highest BCUT2D eigenvalue weighted by Gasteiger charge is 2.21. The Morgan fingerprint density at radius 2 is 1.68 bits per heavy atom. The Hall–Kier alpha value is -3.26. The number of ether oxygens (including phenoxy) is 2. The molecular weight excluding hydrogens is 477 g/mol. The van der Waals surface area contributed by atoms with Crippen LogP contribution in [0, 0.1) is 0 Å². The Balaban J connectivity index is 1.65. The molecule has 174 valence electrons. The Bertz CT molecular complexity index is 1430. The number of benzene rings is 3. The van der Waals surface area contributed by atoms with Crippen LogP contribution < -0.4 is 10.5 Å². The lowest BCUT2D eigenvalue weighted by Gasteiger charge is -2.26. The average molecular weight is 498 g/mol. The van der Waals surface area contributed by atoms with Gasteiger partial charge in [-0.25, -0.2) is 0 Å². The number of nitrogens with zero attached hydrogens (tertiary/aromatic N) is 1. The highest BCUT2D eigenvalue weighted by atomic mass is 35.5. The lowest BCUT2D eigenvalue weighted by atomic mass is 9.98. The van der Waals surface area contributed by atoms with Crippen molar-refractivity contribution >= 4 is 56.8 Å². The fraction of sp³-hybridized carbons (Fsp3) is 0.200. The van der Waals surface area contributed by atoms with Gasteiger partial charge >= 0.3 is 0 Å². The second kappa shape index (κ2) is 8.83. The molecule has 4 aromatic rings. The Kier molecular flexibility index (Phi) is 5.85. The molecule has 1 aromatic heterocycles. The predicted molar refractivity (Wildman–Crippen MR) is 133 cm³/mol. The maximum Gasteiger partial charge on any atom is 0.254 e. The SMILES string of the molecule is COc1c(Cl)cc(-c2cc(C(N)=O)c3[nH]c4cc(C(=O)N5CCOCC5)ccc4c3c2)cc1Cl. The molecule has 1 saturated heterocycles. The van der Waals surface area contributed by atoms with Crippen molar-refractivity contribution in [2.75, 3.05) is 33.4 Å². The molecule has 1 aliphatic rings. The molecule has 0 atom stereocenters. The van der Waals surface area contributed by atoms with Crippen molar-refractivity contribution in [1.29, 1.82) is 0 Å². The summed E-state index contributed by atoms with van der Waals surface area (Å²) >= 11 is 12.7. The summed E-state index contributed by atoms with van der Waals surface area (Å²) < 4.78 is 10.6. The second-order valence-corrected chi connectivity index (χ2v) is 8.89. The van der Waals surface area contributed by atoms with E-state index in [9.17, 15) is 9.59 Å². The highest BCUT2D eigenvalue weighted by Crippen LogP contribution is 2.39. The largest absolute Gasteiger partial charge is 0.494 e. The number of hydrogen-bond donors (Lipinski definition) is 2. The van der Waals surface area contributed by atoms with Gasteiger partial charge < -0.3 is 25.1 Å². The number of nitrogens with two attached hydrogens (primary N) is 1. The number of amides is 2. The first kappa shape index (κ1) is 22.5. The number of aromatic nitrogens is 1. The number of morpholine rings is 1. The van der Waals surface area contributed by atoms with Gasteiger partial charge in [0.25, 0.3) is 11.8 Å². The molecule has 0 radical (unpaired) electrons. The summed E-state index contributed by atoms with van der Waals surface area (Å²) in [5.41, 5.74) is 9.40. The molecule has 3 aromatic carbocycles. The summed E-state index contributed by atoms with van der Waals surface area (Å²) in [5, 5.41) is 2.38. The fourth-order valence-corrected chi connectivity index (χ4v) is 5.01. The summed E-state index contributed by atoms with van der Waals surface area (Å²) in [7, 11) is 1.49. The molecule has 3 N–H and O–H groups in total. The van der Waals surface area contributed by atoms with E-state index >= 15 is 0 Å². The molecule has 0 bridgehead atoms. The molecule has 0 aliphatic carbocycles. The third kappa shape index (κ3) is 3.86. The first-order valence-corrected chi connectivity index (χ1v) is 11.4. The van der Waals surface area contributed by atoms with Crippen LogP contribution in [0.15, 0.2) is 42.5 Å². The van der Waals surface area contributed by atoms with Crippen LogP contribution in [0.1, 0.15) is 20.7 Å². The van der Waals surface area contributed by atoms with Crippen LogP contribution in [0.25, 0.3) is 32.9 Å². The van der Waals surface area contributed by atoms with E-state index in [1.54, 1.807) is 35.2 Å². The number of carbonyl (C=O) groups is 2. The Morgan fingerprint density at radius 1 is 1.00 bits per heavy atom. The highest BCUT2D eigenvalue weighted by molar-refractivity contribution is 6.37. The van der Waals surface area contributed by atoms with Gasteiger partial charge in [-0.15, -0.1) is 0 Å². The maximum atomic E-state index is 12.9. The van der Waals surface area contributed by atoms with Gasteiger partial charge in [-0.3, -0.25) is 9.59 Å². The lowest BCUT2D eigenvalue weighted by Crippen LogP contribution is -2.40. The van der Waals surface area contributed by atoms with Gasteiger partial charge in [-0.2, -0.15) is 0 Å². The second-order valence-electron chi connectivity index (χ2n) is 8.07. The van der Waals surface area contributed by atoms with E-state index in [4.69, 9.17) is 38.4 Å². The average Bonchev–Trinajstić information content (AvgIpc) is 3.21. The van der Waals surface area contributed by atoms with E-state index in [-0.39, 0.29) is 5.91 Å². The van der Waals surface area contributed by atoms with Gasteiger partial charge in [0.05, 0.1) is 41.4 Å². The number of rotatable bonds is 4. The number of aromatic amines is 1. The molecule has 2 heterocycles.